The summed E-state index contributed by atoms with van der Waals surface area (Å²) in [7, 11) is 0. The van der Waals surface area contributed by atoms with Crippen LogP contribution in [0.25, 0.3) is 0 Å². The molecule has 2 rings (SSSR count). The molecule has 0 fully saturated rings. The predicted molar refractivity (Wildman–Crippen MR) is 76.2 cm³/mol. The van der Waals surface area contributed by atoms with Crippen molar-refractivity contribution in [2.45, 2.75) is 19.5 Å². The number of nitrogens with two attached hydrogens (primary N) is 1. The Labute approximate surface area is 119 Å². The average molecular weight is 330 g/mol. The van der Waals surface area contributed by atoms with Gasteiger partial charge in [-0.25, -0.2) is 10.4 Å². The minimum absolute atomic E-state index is 0.159. The fraction of sp³-hybridized carbons (Fsp3) is 0.250. The van der Waals surface area contributed by atoms with Crippen molar-refractivity contribution >= 4 is 27.5 Å². The maximum atomic E-state index is 5.99. The van der Waals surface area contributed by atoms with Crippen LogP contribution < -0.4 is 11.3 Å². The third-order valence-electron chi connectivity index (χ3n) is 2.79. The van der Waals surface area contributed by atoms with Crippen LogP contribution in [0, 0.1) is 0 Å². The Morgan fingerprint density at radius 1 is 1.56 bits per heavy atom. The van der Waals surface area contributed by atoms with Crippen LogP contribution in [-0.2, 0) is 6.54 Å². The highest BCUT2D eigenvalue weighted by molar-refractivity contribution is 9.10. The summed E-state index contributed by atoms with van der Waals surface area (Å²) < 4.78 is 2.89. The standard InChI is InChI=1S/C12H14BrClN4/c1-2-18-6-5-16-12(18)11(17-15)8-3-4-10(14)9(13)7-8/h3-7,11,17H,2,15H2,1H3. The largest absolute Gasteiger partial charge is 0.334 e. The Hall–Kier alpha value is -0.880. The zero-order chi connectivity index (χ0) is 13.1. The summed E-state index contributed by atoms with van der Waals surface area (Å²) in [5, 5.41) is 0.674. The minimum atomic E-state index is -0.159. The predicted octanol–water partition coefficient (Wildman–Crippen LogP) is 2.87. The molecule has 96 valence electrons. The van der Waals surface area contributed by atoms with Crippen LogP contribution in [-0.4, -0.2) is 9.55 Å². The molecular weight excluding hydrogens is 316 g/mol. The Balaban J connectivity index is 2.42. The molecule has 0 saturated heterocycles. The number of hydrazine groups is 1. The van der Waals surface area contributed by atoms with Crippen LogP contribution >= 0.6 is 27.5 Å². The lowest BCUT2D eigenvalue weighted by atomic mass is 10.1. The zero-order valence-electron chi connectivity index (χ0n) is 9.90. The number of imidazole rings is 1. The van der Waals surface area contributed by atoms with Crippen LogP contribution in [0.2, 0.25) is 5.02 Å². The van der Waals surface area contributed by atoms with Gasteiger partial charge in [-0.15, -0.1) is 0 Å². The molecule has 3 N–H and O–H groups in total. The molecule has 1 heterocycles. The molecule has 0 bridgehead atoms. The molecule has 1 unspecified atom stereocenters. The van der Waals surface area contributed by atoms with Gasteiger partial charge >= 0.3 is 0 Å². The number of nitrogens with one attached hydrogen (secondary N) is 1. The van der Waals surface area contributed by atoms with Crippen molar-refractivity contribution in [3.05, 3.63) is 51.5 Å². The van der Waals surface area contributed by atoms with Crippen molar-refractivity contribution in [3.63, 3.8) is 0 Å². The Morgan fingerprint density at radius 3 is 2.94 bits per heavy atom. The van der Waals surface area contributed by atoms with Gasteiger partial charge in [0, 0.05) is 23.4 Å². The van der Waals surface area contributed by atoms with Gasteiger partial charge in [0.1, 0.15) is 11.9 Å². The van der Waals surface area contributed by atoms with Gasteiger partial charge in [-0.05, 0) is 40.5 Å². The van der Waals surface area contributed by atoms with E-state index in [4.69, 9.17) is 17.4 Å². The number of aryl methyl sites for hydroxylation is 1. The number of hydrogen-bond acceptors (Lipinski definition) is 3. The first-order chi connectivity index (χ1) is 8.67. The van der Waals surface area contributed by atoms with Crippen molar-refractivity contribution in [2.75, 3.05) is 0 Å². The molecule has 0 aliphatic rings. The summed E-state index contributed by atoms with van der Waals surface area (Å²) in [5.41, 5.74) is 3.80. The molecule has 0 saturated carbocycles. The van der Waals surface area contributed by atoms with Gasteiger partial charge in [0.2, 0.25) is 0 Å². The summed E-state index contributed by atoms with van der Waals surface area (Å²) in [6, 6.07) is 5.56. The lowest BCUT2D eigenvalue weighted by Crippen LogP contribution is -2.31. The van der Waals surface area contributed by atoms with Gasteiger partial charge in [0.25, 0.3) is 0 Å². The van der Waals surface area contributed by atoms with Crippen molar-refractivity contribution in [3.8, 4) is 0 Å². The molecular formula is C12H14BrClN4. The lowest BCUT2D eigenvalue weighted by Gasteiger charge is -2.17. The summed E-state index contributed by atoms with van der Waals surface area (Å²) in [6.07, 6.45) is 3.71. The molecule has 1 aromatic heterocycles. The SMILES string of the molecule is CCn1ccnc1C(NN)c1ccc(Cl)c(Br)c1. The van der Waals surface area contributed by atoms with Crippen LogP contribution in [0.5, 0.6) is 0 Å². The summed E-state index contributed by atoms with van der Waals surface area (Å²) >= 11 is 9.41. The van der Waals surface area contributed by atoms with E-state index in [0.717, 1.165) is 22.4 Å². The highest BCUT2D eigenvalue weighted by atomic mass is 79.9. The molecule has 0 amide bonds. The summed E-state index contributed by atoms with van der Waals surface area (Å²) in [5.74, 6) is 6.54. The van der Waals surface area contributed by atoms with E-state index in [1.165, 1.54) is 0 Å². The van der Waals surface area contributed by atoms with Crippen LogP contribution in [0.3, 0.4) is 0 Å². The van der Waals surface area contributed by atoms with E-state index in [1.54, 1.807) is 6.20 Å². The van der Waals surface area contributed by atoms with Crippen molar-refractivity contribution in [1.29, 1.82) is 0 Å². The first-order valence-electron chi connectivity index (χ1n) is 5.59. The van der Waals surface area contributed by atoms with Crippen LogP contribution in [0.4, 0.5) is 0 Å². The van der Waals surface area contributed by atoms with E-state index < -0.39 is 0 Å². The van der Waals surface area contributed by atoms with Crippen LogP contribution in [0.1, 0.15) is 24.4 Å². The Bertz CT molecular complexity index is 541. The molecule has 4 nitrogen and oxygen atoms in total. The second-order valence-electron chi connectivity index (χ2n) is 3.84. The third-order valence-corrected chi connectivity index (χ3v) is 4.00. The first-order valence-corrected chi connectivity index (χ1v) is 6.76. The minimum Gasteiger partial charge on any atom is -0.334 e. The van der Waals surface area contributed by atoms with Crippen molar-refractivity contribution in [2.24, 2.45) is 5.84 Å². The highest BCUT2D eigenvalue weighted by Crippen LogP contribution is 2.28. The number of benzene rings is 1. The number of halogens is 2. The van der Waals surface area contributed by atoms with Gasteiger partial charge in [-0.3, -0.25) is 5.84 Å². The second-order valence-corrected chi connectivity index (χ2v) is 5.11. The van der Waals surface area contributed by atoms with E-state index in [2.05, 4.69) is 33.3 Å². The molecule has 0 aliphatic carbocycles. The maximum Gasteiger partial charge on any atom is 0.131 e. The van der Waals surface area contributed by atoms with Crippen LogP contribution in [0.15, 0.2) is 35.1 Å². The monoisotopic (exact) mass is 328 g/mol. The van der Waals surface area contributed by atoms with E-state index in [-0.39, 0.29) is 6.04 Å². The average Bonchev–Trinajstić information content (AvgIpc) is 2.83. The molecule has 1 aromatic carbocycles. The Morgan fingerprint density at radius 2 is 2.33 bits per heavy atom. The fourth-order valence-electron chi connectivity index (χ4n) is 1.86. The Kier molecular flexibility index (Phi) is 4.40. The maximum absolute atomic E-state index is 5.99. The van der Waals surface area contributed by atoms with Gasteiger partial charge in [0.15, 0.2) is 0 Å². The number of nitrogens with zero attached hydrogens (tertiary/aromatic N) is 2. The quantitative estimate of drug-likeness (QED) is 0.670. The zero-order valence-corrected chi connectivity index (χ0v) is 12.2. The van der Waals surface area contributed by atoms with Gasteiger partial charge < -0.3 is 4.57 Å². The molecule has 1 atom stereocenters. The summed E-state index contributed by atoms with van der Waals surface area (Å²) in [6.45, 7) is 2.92. The molecule has 0 spiro atoms. The van der Waals surface area contributed by atoms with Gasteiger partial charge in [-0.1, -0.05) is 17.7 Å². The van der Waals surface area contributed by atoms with Gasteiger partial charge in [-0.2, -0.15) is 0 Å². The van der Waals surface area contributed by atoms with E-state index in [1.807, 2.05) is 29.0 Å². The lowest BCUT2D eigenvalue weighted by molar-refractivity contribution is 0.561. The number of aromatic nitrogens is 2. The van der Waals surface area contributed by atoms with Gasteiger partial charge in [0.05, 0.1) is 5.02 Å². The topological polar surface area (TPSA) is 55.9 Å². The van der Waals surface area contributed by atoms with E-state index >= 15 is 0 Å². The number of hydrogen-bond donors (Lipinski definition) is 2. The van der Waals surface area contributed by atoms with Crippen molar-refractivity contribution < 1.29 is 0 Å². The van der Waals surface area contributed by atoms with E-state index in [9.17, 15) is 0 Å². The first kappa shape index (κ1) is 13.5. The number of rotatable bonds is 4. The second kappa shape index (κ2) is 5.84. The third kappa shape index (κ3) is 2.59. The molecule has 6 heteroatoms. The smallest absolute Gasteiger partial charge is 0.131 e. The molecule has 2 aromatic rings. The fourth-order valence-corrected chi connectivity index (χ4v) is 2.37. The molecule has 0 aliphatic heterocycles. The molecule has 0 radical (unpaired) electrons. The molecule has 18 heavy (non-hydrogen) atoms. The summed E-state index contributed by atoms with van der Waals surface area (Å²) in [4.78, 5) is 4.36. The normalized spacial score (nSPS) is 12.7. The highest BCUT2D eigenvalue weighted by Gasteiger charge is 2.18. The van der Waals surface area contributed by atoms with E-state index in [0.29, 0.717) is 5.02 Å². The van der Waals surface area contributed by atoms with Crippen molar-refractivity contribution in [1.82, 2.24) is 15.0 Å².